The van der Waals surface area contributed by atoms with E-state index in [0.29, 0.717) is 0 Å². The molecule has 2 heteroatoms. The van der Waals surface area contributed by atoms with Gasteiger partial charge in [-0.1, -0.05) is 42.5 Å². The first kappa shape index (κ1) is 13.2. The summed E-state index contributed by atoms with van der Waals surface area (Å²) in [4.78, 5) is 1.99. The first-order chi connectivity index (χ1) is 9.04. The second kappa shape index (κ2) is 5.16. The summed E-state index contributed by atoms with van der Waals surface area (Å²) in [7, 11) is 1.95. The van der Waals surface area contributed by atoms with E-state index >= 15 is 0 Å². The zero-order chi connectivity index (χ0) is 13.9. The van der Waals surface area contributed by atoms with Gasteiger partial charge in [0, 0.05) is 12.7 Å². The van der Waals surface area contributed by atoms with Gasteiger partial charge in [0.2, 0.25) is 0 Å². The molecule has 0 radical (unpaired) electrons. The smallest absolute Gasteiger partial charge is 0.121 e. The summed E-state index contributed by atoms with van der Waals surface area (Å²) >= 11 is 0. The molecule has 2 nitrogen and oxygen atoms in total. The van der Waals surface area contributed by atoms with E-state index < -0.39 is 5.54 Å². The Bertz CT molecular complexity index is 577. The zero-order valence-electron chi connectivity index (χ0n) is 11.6. The first-order valence-electron chi connectivity index (χ1n) is 6.35. The Morgan fingerprint density at radius 3 is 1.95 bits per heavy atom. The van der Waals surface area contributed by atoms with Crippen molar-refractivity contribution in [1.29, 1.82) is 5.26 Å². The maximum absolute atomic E-state index is 9.17. The number of hydrogen-bond acceptors (Lipinski definition) is 2. The Hall–Kier alpha value is -2.27. The van der Waals surface area contributed by atoms with E-state index in [1.165, 1.54) is 11.1 Å². The predicted molar refractivity (Wildman–Crippen MR) is 80.0 cm³/mol. The average Bonchev–Trinajstić information content (AvgIpc) is 2.47. The quantitative estimate of drug-likeness (QED) is 0.820. The van der Waals surface area contributed by atoms with Crippen molar-refractivity contribution in [2.75, 3.05) is 11.9 Å². The van der Waals surface area contributed by atoms with Crippen LogP contribution in [0.15, 0.2) is 54.6 Å². The summed E-state index contributed by atoms with van der Waals surface area (Å²) in [5.74, 6) is 0. The third-order valence-electron chi connectivity index (χ3n) is 3.47. The molecule has 2 aromatic carbocycles. The highest BCUT2D eigenvalue weighted by Crippen LogP contribution is 2.25. The lowest BCUT2D eigenvalue weighted by molar-refractivity contribution is 0.617. The molecule has 0 aliphatic heterocycles. The van der Waals surface area contributed by atoms with Gasteiger partial charge in [0.15, 0.2) is 0 Å². The summed E-state index contributed by atoms with van der Waals surface area (Å²) in [6.45, 7) is 3.83. The lowest BCUT2D eigenvalue weighted by Crippen LogP contribution is -2.39. The van der Waals surface area contributed by atoms with Crippen molar-refractivity contribution < 1.29 is 0 Å². The molecular formula is C17H18N2. The molecule has 0 spiro atoms. The van der Waals surface area contributed by atoms with Gasteiger partial charge < -0.3 is 4.90 Å². The Morgan fingerprint density at radius 2 is 1.42 bits per heavy atom. The standard InChI is InChI=1S/C17H18N2/c1-17(2,13-18)19(3)16-11-9-15(10-12-16)14-7-5-4-6-8-14/h4-12H,1-3H3. The molecule has 0 atom stereocenters. The molecule has 19 heavy (non-hydrogen) atoms. The molecule has 0 amide bonds. The van der Waals surface area contributed by atoms with Crippen LogP contribution in [0, 0.1) is 11.3 Å². The van der Waals surface area contributed by atoms with E-state index in [1.807, 2.05) is 44.0 Å². The van der Waals surface area contributed by atoms with Gasteiger partial charge in [-0.25, -0.2) is 0 Å². The van der Waals surface area contributed by atoms with Crippen molar-refractivity contribution in [2.24, 2.45) is 0 Å². The number of hydrogen-bond donors (Lipinski definition) is 0. The molecule has 2 aromatic rings. The molecular weight excluding hydrogens is 232 g/mol. The van der Waals surface area contributed by atoms with Gasteiger partial charge in [-0.15, -0.1) is 0 Å². The fraction of sp³-hybridized carbons (Fsp3) is 0.235. The van der Waals surface area contributed by atoms with Crippen molar-refractivity contribution in [1.82, 2.24) is 0 Å². The molecule has 96 valence electrons. The van der Waals surface area contributed by atoms with Crippen molar-refractivity contribution in [3.63, 3.8) is 0 Å². The second-order valence-electron chi connectivity index (χ2n) is 5.14. The van der Waals surface area contributed by atoms with E-state index in [9.17, 15) is 0 Å². The fourth-order valence-electron chi connectivity index (χ4n) is 1.91. The van der Waals surface area contributed by atoms with Crippen molar-refractivity contribution in [3.8, 4) is 17.2 Å². The third-order valence-corrected chi connectivity index (χ3v) is 3.47. The van der Waals surface area contributed by atoms with Crippen LogP contribution in [-0.2, 0) is 0 Å². The second-order valence-corrected chi connectivity index (χ2v) is 5.14. The predicted octanol–water partition coefficient (Wildman–Crippen LogP) is 4.09. The van der Waals surface area contributed by atoms with Crippen molar-refractivity contribution >= 4 is 5.69 Å². The van der Waals surface area contributed by atoms with Gasteiger partial charge in [-0.2, -0.15) is 5.26 Å². The third kappa shape index (κ3) is 2.77. The highest BCUT2D eigenvalue weighted by Gasteiger charge is 2.22. The van der Waals surface area contributed by atoms with Crippen LogP contribution in [0.3, 0.4) is 0 Å². The van der Waals surface area contributed by atoms with Gasteiger partial charge in [0.25, 0.3) is 0 Å². The number of anilines is 1. The van der Waals surface area contributed by atoms with E-state index in [4.69, 9.17) is 5.26 Å². The van der Waals surface area contributed by atoms with Gasteiger partial charge in [0.05, 0.1) is 6.07 Å². The van der Waals surface area contributed by atoms with Crippen LogP contribution >= 0.6 is 0 Å². The SMILES string of the molecule is CN(c1ccc(-c2ccccc2)cc1)C(C)(C)C#N. The fourth-order valence-corrected chi connectivity index (χ4v) is 1.91. The topological polar surface area (TPSA) is 27.0 Å². The highest BCUT2D eigenvalue weighted by atomic mass is 15.2. The Labute approximate surface area is 114 Å². The minimum absolute atomic E-state index is 0.506. The van der Waals surface area contributed by atoms with E-state index in [2.05, 4.69) is 42.5 Å². The number of nitrogens with zero attached hydrogens (tertiary/aromatic N) is 2. The number of rotatable bonds is 3. The van der Waals surface area contributed by atoms with Crippen LogP contribution in [0.1, 0.15) is 13.8 Å². The van der Waals surface area contributed by atoms with Crippen LogP contribution in [0.25, 0.3) is 11.1 Å². The minimum atomic E-state index is -0.506. The summed E-state index contributed by atoms with van der Waals surface area (Å²) < 4.78 is 0. The lowest BCUT2D eigenvalue weighted by atomic mass is 10.0. The number of benzene rings is 2. The van der Waals surface area contributed by atoms with Crippen LogP contribution in [0.2, 0.25) is 0 Å². The van der Waals surface area contributed by atoms with Gasteiger partial charge in [-0.3, -0.25) is 0 Å². The van der Waals surface area contributed by atoms with E-state index in [0.717, 1.165) is 5.69 Å². The molecule has 0 bridgehead atoms. The van der Waals surface area contributed by atoms with Crippen LogP contribution < -0.4 is 4.90 Å². The summed E-state index contributed by atoms with van der Waals surface area (Å²) in [5, 5.41) is 9.17. The summed E-state index contributed by atoms with van der Waals surface area (Å²) in [5.41, 5.74) is 2.93. The first-order valence-corrected chi connectivity index (χ1v) is 6.35. The number of nitriles is 1. The minimum Gasteiger partial charge on any atom is -0.357 e. The van der Waals surface area contributed by atoms with Gasteiger partial charge in [-0.05, 0) is 37.1 Å². The Morgan fingerprint density at radius 1 is 0.895 bits per heavy atom. The van der Waals surface area contributed by atoms with Crippen LogP contribution in [0.4, 0.5) is 5.69 Å². The highest BCUT2D eigenvalue weighted by molar-refractivity contribution is 5.66. The van der Waals surface area contributed by atoms with Crippen molar-refractivity contribution in [3.05, 3.63) is 54.6 Å². The molecule has 0 saturated carbocycles. The molecule has 0 aliphatic rings. The van der Waals surface area contributed by atoms with Gasteiger partial charge >= 0.3 is 0 Å². The molecule has 0 N–H and O–H groups in total. The summed E-state index contributed by atoms with van der Waals surface area (Å²) in [6, 6.07) is 20.9. The van der Waals surface area contributed by atoms with Crippen LogP contribution in [-0.4, -0.2) is 12.6 Å². The monoisotopic (exact) mass is 250 g/mol. The maximum atomic E-state index is 9.17. The molecule has 0 unspecified atom stereocenters. The normalized spacial score (nSPS) is 10.8. The van der Waals surface area contributed by atoms with Gasteiger partial charge in [0.1, 0.15) is 5.54 Å². The Balaban J connectivity index is 2.27. The largest absolute Gasteiger partial charge is 0.357 e. The maximum Gasteiger partial charge on any atom is 0.121 e. The Kier molecular flexibility index (Phi) is 3.57. The molecule has 0 aromatic heterocycles. The molecule has 0 saturated heterocycles. The average molecular weight is 250 g/mol. The van der Waals surface area contributed by atoms with Crippen LogP contribution in [0.5, 0.6) is 0 Å². The van der Waals surface area contributed by atoms with E-state index in [1.54, 1.807) is 0 Å². The lowest BCUT2D eigenvalue weighted by Gasteiger charge is -2.31. The molecule has 0 heterocycles. The molecule has 2 rings (SSSR count). The van der Waals surface area contributed by atoms with E-state index in [-0.39, 0.29) is 0 Å². The summed E-state index contributed by atoms with van der Waals surface area (Å²) in [6.07, 6.45) is 0. The van der Waals surface area contributed by atoms with Crippen molar-refractivity contribution in [2.45, 2.75) is 19.4 Å². The zero-order valence-corrected chi connectivity index (χ0v) is 11.6. The molecule has 0 fully saturated rings. The molecule has 0 aliphatic carbocycles.